The van der Waals surface area contributed by atoms with Gasteiger partial charge in [0.1, 0.15) is 17.2 Å². The SMILES string of the molecule is CCN(C(=O)CSC1=N/C(=C/c2ccco2)C(=O)N1c1ccc(OC)c(Cl)c1)[C@@H]1CCS(=O)(=O)C1. The van der Waals surface area contributed by atoms with Gasteiger partial charge in [0.2, 0.25) is 5.91 Å². The molecule has 35 heavy (non-hydrogen) atoms. The lowest BCUT2D eigenvalue weighted by atomic mass is 10.2. The first-order chi connectivity index (χ1) is 16.7. The van der Waals surface area contributed by atoms with E-state index in [1.165, 1.54) is 24.3 Å². The largest absolute Gasteiger partial charge is 0.495 e. The molecule has 0 aliphatic carbocycles. The number of halogens is 1. The van der Waals surface area contributed by atoms with Crippen molar-refractivity contribution in [2.24, 2.45) is 4.99 Å². The van der Waals surface area contributed by atoms with Crippen molar-refractivity contribution in [3.63, 3.8) is 0 Å². The van der Waals surface area contributed by atoms with E-state index in [1.807, 2.05) is 6.92 Å². The van der Waals surface area contributed by atoms with Gasteiger partial charge in [-0.05, 0) is 43.7 Å². The Hall–Kier alpha value is -2.76. The summed E-state index contributed by atoms with van der Waals surface area (Å²) in [5, 5.41) is 0.624. The van der Waals surface area contributed by atoms with E-state index >= 15 is 0 Å². The molecule has 0 N–H and O–H groups in total. The van der Waals surface area contributed by atoms with Gasteiger partial charge in [-0.25, -0.2) is 13.4 Å². The van der Waals surface area contributed by atoms with E-state index in [0.717, 1.165) is 11.8 Å². The normalized spacial score (nSPS) is 20.4. The van der Waals surface area contributed by atoms with Crippen molar-refractivity contribution in [3.05, 3.63) is 53.1 Å². The van der Waals surface area contributed by atoms with E-state index < -0.39 is 15.7 Å². The predicted octanol–water partition coefficient (Wildman–Crippen LogP) is 3.45. The number of thioether (sulfide) groups is 1. The lowest BCUT2D eigenvalue weighted by Gasteiger charge is -2.27. The fraction of sp³-hybridized carbons (Fsp3) is 0.348. The zero-order chi connectivity index (χ0) is 25.2. The molecule has 3 heterocycles. The molecule has 1 aromatic carbocycles. The average Bonchev–Trinajstić information content (AvgIpc) is 3.53. The van der Waals surface area contributed by atoms with Crippen LogP contribution < -0.4 is 9.64 Å². The molecular weight excluding hydrogens is 514 g/mol. The standard InChI is InChI=1S/C23H24ClN3O6S2/c1-3-26(16-8-10-35(30,31)14-16)21(28)13-34-23-25-19(12-17-5-4-9-33-17)22(29)27(23)15-6-7-20(32-2)18(24)11-15/h4-7,9,11-12,16H,3,8,10,13-14H2,1-2H3/b19-12+/t16-/m1/s1. The van der Waals surface area contributed by atoms with Gasteiger partial charge in [0.05, 0.1) is 41.3 Å². The van der Waals surface area contributed by atoms with Gasteiger partial charge in [-0.15, -0.1) is 0 Å². The molecule has 186 valence electrons. The van der Waals surface area contributed by atoms with Crippen LogP contribution in [0.5, 0.6) is 5.75 Å². The number of anilines is 1. The second kappa shape index (κ2) is 10.5. The number of carbonyl (C=O) groups excluding carboxylic acids is 2. The maximum atomic E-state index is 13.3. The Morgan fingerprint density at radius 3 is 2.80 bits per heavy atom. The third-order valence-corrected chi connectivity index (χ3v) is 8.65. The molecule has 0 spiro atoms. The quantitative estimate of drug-likeness (QED) is 0.497. The Morgan fingerprint density at radius 1 is 1.40 bits per heavy atom. The van der Waals surface area contributed by atoms with Crippen molar-refractivity contribution >= 4 is 61.9 Å². The Kier molecular flexibility index (Phi) is 7.58. The molecule has 0 saturated carbocycles. The molecule has 12 heteroatoms. The molecule has 2 amide bonds. The summed E-state index contributed by atoms with van der Waals surface area (Å²) in [6.07, 6.45) is 3.45. The first-order valence-corrected chi connectivity index (χ1v) is 14.1. The summed E-state index contributed by atoms with van der Waals surface area (Å²) in [5.74, 6) is 0.362. The number of amides is 2. The number of ether oxygens (including phenoxy) is 1. The van der Waals surface area contributed by atoms with Crippen LogP contribution in [0.25, 0.3) is 6.08 Å². The van der Waals surface area contributed by atoms with Gasteiger partial charge < -0.3 is 14.1 Å². The maximum Gasteiger partial charge on any atom is 0.283 e. The molecule has 0 bridgehead atoms. The van der Waals surface area contributed by atoms with Gasteiger partial charge in [-0.2, -0.15) is 0 Å². The monoisotopic (exact) mass is 537 g/mol. The van der Waals surface area contributed by atoms with Crippen molar-refractivity contribution in [1.29, 1.82) is 0 Å². The maximum absolute atomic E-state index is 13.3. The summed E-state index contributed by atoms with van der Waals surface area (Å²) >= 11 is 7.39. The molecule has 1 fully saturated rings. The lowest BCUT2D eigenvalue weighted by molar-refractivity contribution is -0.129. The van der Waals surface area contributed by atoms with Crippen LogP contribution in [-0.2, 0) is 19.4 Å². The Bertz CT molecular complexity index is 1290. The number of benzene rings is 1. The van der Waals surface area contributed by atoms with Gasteiger partial charge in [0.25, 0.3) is 5.91 Å². The Balaban J connectivity index is 1.58. The Morgan fingerprint density at radius 2 is 2.20 bits per heavy atom. The number of furan rings is 1. The van der Waals surface area contributed by atoms with Crippen molar-refractivity contribution in [2.45, 2.75) is 19.4 Å². The molecule has 1 aromatic heterocycles. The molecule has 2 aliphatic heterocycles. The van der Waals surface area contributed by atoms with Gasteiger partial charge in [0, 0.05) is 18.7 Å². The first kappa shape index (κ1) is 25.3. The first-order valence-electron chi connectivity index (χ1n) is 10.9. The van der Waals surface area contributed by atoms with Crippen molar-refractivity contribution in [1.82, 2.24) is 4.90 Å². The summed E-state index contributed by atoms with van der Waals surface area (Å²) in [6, 6.07) is 7.98. The number of nitrogens with zero attached hydrogens (tertiary/aromatic N) is 3. The summed E-state index contributed by atoms with van der Waals surface area (Å²) in [5.41, 5.74) is 0.618. The number of rotatable bonds is 7. The van der Waals surface area contributed by atoms with E-state index in [-0.39, 0.29) is 34.9 Å². The highest BCUT2D eigenvalue weighted by molar-refractivity contribution is 8.14. The summed E-state index contributed by atoms with van der Waals surface area (Å²) in [6.45, 7) is 2.21. The molecule has 1 saturated heterocycles. The van der Waals surface area contributed by atoms with Crippen molar-refractivity contribution < 1.29 is 27.2 Å². The molecule has 1 atom stereocenters. The van der Waals surface area contributed by atoms with E-state index in [1.54, 1.807) is 35.2 Å². The number of hydrogen-bond acceptors (Lipinski definition) is 8. The zero-order valence-electron chi connectivity index (χ0n) is 19.1. The van der Waals surface area contributed by atoms with Crippen LogP contribution in [0.4, 0.5) is 5.69 Å². The zero-order valence-corrected chi connectivity index (χ0v) is 21.5. The average molecular weight is 538 g/mol. The van der Waals surface area contributed by atoms with Gasteiger partial charge in [-0.1, -0.05) is 23.4 Å². The molecule has 9 nitrogen and oxygen atoms in total. The molecule has 2 aromatic rings. The molecule has 0 unspecified atom stereocenters. The molecule has 4 rings (SSSR count). The molecule has 0 radical (unpaired) electrons. The minimum Gasteiger partial charge on any atom is -0.495 e. The topological polar surface area (TPSA) is 109 Å². The molecule has 2 aliphatic rings. The summed E-state index contributed by atoms with van der Waals surface area (Å²) < 4.78 is 34.3. The van der Waals surface area contributed by atoms with Crippen LogP contribution in [0, 0.1) is 0 Å². The van der Waals surface area contributed by atoms with Crippen molar-refractivity contribution in [2.75, 3.05) is 35.8 Å². The third kappa shape index (κ3) is 5.57. The van der Waals surface area contributed by atoms with Crippen LogP contribution in [0.3, 0.4) is 0 Å². The minimum atomic E-state index is -3.13. The Labute approximate surface area is 212 Å². The fourth-order valence-corrected chi connectivity index (χ4v) is 6.87. The smallest absolute Gasteiger partial charge is 0.283 e. The number of hydrogen-bond donors (Lipinski definition) is 0. The van der Waals surface area contributed by atoms with Gasteiger partial charge in [-0.3, -0.25) is 14.5 Å². The van der Waals surface area contributed by atoms with Crippen molar-refractivity contribution in [3.8, 4) is 5.75 Å². The van der Waals surface area contributed by atoms with Gasteiger partial charge in [0.15, 0.2) is 15.0 Å². The number of methoxy groups -OCH3 is 1. The van der Waals surface area contributed by atoms with Crippen LogP contribution in [0.2, 0.25) is 5.02 Å². The van der Waals surface area contributed by atoms with Crippen LogP contribution in [0.1, 0.15) is 19.1 Å². The second-order valence-electron chi connectivity index (χ2n) is 7.92. The van der Waals surface area contributed by atoms with Gasteiger partial charge >= 0.3 is 0 Å². The predicted molar refractivity (Wildman–Crippen MR) is 137 cm³/mol. The number of carbonyl (C=O) groups is 2. The molecular formula is C23H24ClN3O6S2. The lowest BCUT2D eigenvalue weighted by Crippen LogP contribution is -2.42. The fourth-order valence-electron chi connectivity index (χ4n) is 3.99. The van der Waals surface area contributed by atoms with E-state index in [4.69, 9.17) is 20.8 Å². The summed E-state index contributed by atoms with van der Waals surface area (Å²) in [7, 11) is -1.63. The minimum absolute atomic E-state index is 0.00901. The highest BCUT2D eigenvalue weighted by atomic mass is 35.5. The van der Waals surface area contributed by atoms with E-state index in [2.05, 4.69) is 4.99 Å². The highest BCUT2D eigenvalue weighted by Gasteiger charge is 2.36. The van der Waals surface area contributed by atoms with Crippen LogP contribution in [-0.4, -0.2) is 67.3 Å². The highest BCUT2D eigenvalue weighted by Crippen LogP contribution is 2.34. The number of amidine groups is 1. The number of aliphatic imine (C=N–C) groups is 1. The van der Waals surface area contributed by atoms with E-state index in [9.17, 15) is 18.0 Å². The van der Waals surface area contributed by atoms with Crippen LogP contribution in [0.15, 0.2) is 51.7 Å². The van der Waals surface area contributed by atoms with Crippen LogP contribution >= 0.6 is 23.4 Å². The van der Waals surface area contributed by atoms with E-state index in [0.29, 0.717) is 40.4 Å². The number of sulfone groups is 1. The second-order valence-corrected chi connectivity index (χ2v) is 11.5. The third-order valence-electron chi connectivity index (χ3n) is 5.68. The summed E-state index contributed by atoms with van der Waals surface area (Å²) in [4.78, 5) is 33.7.